The summed E-state index contributed by atoms with van der Waals surface area (Å²) in [7, 11) is 0. The zero-order valence-corrected chi connectivity index (χ0v) is 23.4. The van der Waals surface area contributed by atoms with E-state index in [9.17, 15) is 4.79 Å². The molecule has 0 spiro atoms. The number of anilines is 1. The van der Waals surface area contributed by atoms with Gasteiger partial charge in [0.2, 0.25) is 5.91 Å². The molecule has 1 saturated heterocycles. The highest BCUT2D eigenvalue weighted by Crippen LogP contribution is 2.41. The highest BCUT2D eigenvalue weighted by Gasteiger charge is 2.41. The standard InChI is InChI=1S/C33H31N5OS/c1-22-21-27(23(2)38(22)25-13-4-3-5-14-25)32-31(29-16-8-9-19-34-29)36-33(40)37(32)20-18-30(39)35-28-17-10-12-24-11-6-7-15-26(24)28/h3-17,19,21,31-32H,18,20H2,1-2H3,(H,35,39)(H,36,40)/t31-,32-/m0/s1. The van der Waals surface area contributed by atoms with E-state index in [0.29, 0.717) is 18.1 Å². The molecule has 5 aromatic rings. The second kappa shape index (κ2) is 10.9. The van der Waals surface area contributed by atoms with Crippen LogP contribution in [0.1, 0.15) is 41.1 Å². The molecule has 1 fully saturated rings. The number of benzene rings is 3. The van der Waals surface area contributed by atoms with Crippen LogP contribution in [0.2, 0.25) is 0 Å². The number of amides is 1. The number of pyridine rings is 1. The number of fused-ring (bicyclic) bond motifs is 1. The van der Waals surface area contributed by atoms with Gasteiger partial charge in [0.15, 0.2) is 5.11 Å². The van der Waals surface area contributed by atoms with Gasteiger partial charge in [-0.3, -0.25) is 9.78 Å². The molecule has 0 bridgehead atoms. The minimum Gasteiger partial charge on any atom is -0.352 e. The number of rotatable bonds is 7. The number of aromatic nitrogens is 2. The Morgan fingerprint density at radius 1 is 0.950 bits per heavy atom. The quantitative estimate of drug-likeness (QED) is 0.225. The van der Waals surface area contributed by atoms with E-state index >= 15 is 0 Å². The van der Waals surface area contributed by atoms with Gasteiger partial charge < -0.3 is 20.1 Å². The van der Waals surface area contributed by atoms with E-state index in [1.54, 1.807) is 0 Å². The number of para-hydroxylation sites is 1. The molecule has 1 amide bonds. The number of carbonyl (C=O) groups excluding carboxylic acids is 1. The predicted octanol–water partition coefficient (Wildman–Crippen LogP) is 6.64. The van der Waals surface area contributed by atoms with Gasteiger partial charge in [-0.25, -0.2) is 0 Å². The number of carbonyl (C=O) groups is 1. The summed E-state index contributed by atoms with van der Waals surface area (Å²) in [6.07, 6.45) is 2.11. The number of hydrogen-bond donors (Lipinski definition) is 2. The van der Waals surface area contributed by atoms with Crippen LogP contribution in [0.25, 0.3) is 16.5 Å². The molecule has 0 saturated carbocycles. The molecular formula is C33H31N5OS. The van der Waals surface area contributed by atoms with Gasteiger partial charge in [0.25, 0.3) is 0 Å². The van der Waals surface area contributed by atoms with Crippen LogP contribution in [0.4, 0.5) is 5.69 Å². The maximum atomic E-state index is 13.2. The van der Waals surface area contributed by atoms with Crippen LogP contribution in [-0.4, -0.2) is 32.0 Å². The van der Waals surface area contributed by atoms with E-state index in [2.05, 4.69) is 69.3 Å². The summed E-state index contributed by atoms with van der Waals surface area (Å²) < 4.78 is 2.28. The molecule has 6 nitrogen and oxygen atoms in total. The third-order valence-corrected chi connectivity index (χ3v) is 8.00. The number of aryl methyl sites for hydroxylation is 1. The van der Waals surface area contributed by atoms with Crippen molar-refractivity contribution in [2.45, 2.75) is 32.4 Å². The molecule has 1 aliphatic heterocycles. The van der Waals surface area contributed by atoms with E-state index in [0.717, 1.165) is 39.2 Å². The Morgan fingerprint density at radius 3 is 2.50 bits per heavy atom. The minimum atomic E-state index is -0.139. The summed E-state index contributed by atoms with van der Waals surface area (Å²) in [5.41, 5.74) is 6.31. The summed E-state index contributed by atoms with van der Waals surface area (Å²) in [4.78, 5) is 20.0. The summed E-state index contributed by atoms with van der Waals surface area (Å²) in [6, 6.07) is 32.3. The van der Waals surface area contributed by atoms with Crippen molar-refractivity contribution in [2.24, 2.45) is 0 Å². The predicted molar refractivity (Wildman–Crippen MR) is 165 cm³/mol. The van der Waals surface area contributed by atoms with E-state index in [1.165, 1.54) is 5.56 Å². The Hall–Kier alpha value is -4.49. The average Bonchev–Trinajstić information content (AvgIpc) is 3.47. The largest absolute Gasteiger partial charge is 0.352 e. The molecule has 0 unspecified atom stereocenters. The lowest BCUT2D eigenvalue weighted by Gasteiger charge is -2.28. The van der Waals surface area contributed by atoms with Crippen molar-refractivity contribution in [1.29, 1.82) is 0 Å². The fourth-order valence-electron chi connectivity index (χ4n) is 5.82. The number of thiocarbonyl (C=S) groups is 1. The van der Waals surface area contributed by atoms with Crippen LogP contribution < -0.4 is 10.6 Å². The molecule has 2 atom stereocenters. The molecule has 1 aliphatic rings. The zero-order valence-electron chi connectivity index (χ0n) is 22.5. The van der Waals surface area contributed by atoms with E-state index in [4.69, 9.17) is 12.2 Å². The Labute approximate surface area is 239 Å². The molecule has 0 aliphatic carbocycles. The molecule has 2 N–H and O–H groups in total. The third kappa shape index (κ3) is 4.84. The van der Waals surface area contributed by atoms with Crippen molar-refractivity contribution in [1.82, 2.24) is 19.8 Å². The molecule has 0 radical (unpaired) electrons. The molecular weight excluding hydrogens is 514 g/mol. The molecule has 6 rings (SSSR count). The Balaban J connectivity index is 1.30. The van der Waals surface area contributed by atoms with Gasteiger partial charge in [-0.2, -0.15) is 0 Å². The van der Waals surface area contributed by atoms with E-state index in [1.807, 2.05) is 72.9 Å². The first-order valence-electron chi connectivity index (χ1n) is 13.5. The van der Waals surface area contributed by atoms with Gasteiger partial charge in [-0.05, 0) is 73.4 Å². The molecule has 3 heterocycles. The maximum absolute atomic E-state index is 13.2. The van der Waals surface area contributed by atoms with Crippen LogP contribution in [0.15, 0.2) is 103 Å². The Bertz CT molecular complexity index is 1680. The van der Waals surface area contributed by atoms with Crippen molar-refractivity contribution in [2.75, 3.05) is 11.9 Å². The van der Waals surface area contributed by atoms with Gasteiger partial charge in [-0.15, -0.1) is 0 Å². The SMILES string of the molecule is Cc1cc([C@H]2[C@H](c3ccccn3)NC(=S)N2CCC(=O)Nc2cccc3ccccc23)c(C)n1-c1ccccc1. The van der Waals surface area contributed by atoms with Crippen molar-refractivity contribution >= 4 is 39.7 Å². The topological polar surface area (TPSA) is 62.2 Å². The summed E-state index contributed by atoms with van der Waals surface area (Å²) in [5, 5.41) is 9.39. The normalized spacial score (nSPS) is 16.8. The van der Waals surface area contributed by atoms with Crippen molar-refractivity contribution < 1.29 is 4.79 Å². The van der Waals surface area contributed by atoms with Crippen molar-refractivity contribution in [3.63, 3.8) is 0 Å². The second-order valence-electron chi connectivity index (χ2n) is 10.1. The highest BCUT2D eigenvalue weighted by atomic mass is 32.1. The first kappa shape index (κ1) is 25.8. The van der Waals surface area contributed by atoms with Gasteiger partial charge in [-0.1, -0.05) is 60.7 Å². The number of hydrogen-bond acceptors (Lipinski definition) is 3. The first-order chi connectivity index (χ1) is 19.5. The average molecular weight is 546 g/mol. The molecule has 3 aromatic carbocycles. The van der Waals surface area contributed by atoms with E-state index < -0.39 is 0 Å². The molecule has 200 valence electrons. The van der Waals surface area contributed by atoms with Crippen molar-refractivity contribution in [3.8, 4) is 5.69 Å². The summed E-state index contributed by atoms with van der Waals surface area (Å²) in [5.74, 6) is -0.0473. The Kier molecular flexibility index (Phi) is 7.05. The zero-order chi connectivity index (χ0) is 27.6. The van der Waals surface area contributed by atoms with Gasteiger partial charge in [0.05, 0.1) is 17.8 Å². The van der Waals surface area contributed by atoms with Crippen molar-refractivity contribution in [3.05, 3.63) is 126 Å². The minimum absolute atomic E-state index is 0.0473. The molecule has 7 heteroatoms. The smallest absolute Gasteiger partial charge is 0.226 e. The van der Waals surface area contributed by atoms with Crippen LogP contribution in [0.3, 0.4) is 0 Å². The highest BCUT2D eigenvalue weighted by molar-refractivity contribution is 7.80. The maximum Gasteiger partial charge on any atom is 0.226 e. The summed E-state index contributed by atoms with van der Waals surface area (Å²) >= 11 is 5.86. The van der Waals surface area contributed by atoms with Gasteiger partial charge >= 0.3 is 0 Å². The lowest BCUT2D eigenvalue weighted by atomic mass is 9.96. The third-order valence-electron chi connectivity index (χ3n) is 7.64. The summed E-state index contributed by atoms with van der Waals surface area (Å²) in [6.45, 7) is 4.75. The molecule has 2 aromatic heterocycles. The lowest BCUT2D eigenvalue weighted by molar-refractivity contribution is -0.116. The van der Waals surface area contributed by atoms with Gasteiger partial charge in [0.1, 0.15) is 0 Å². The lowest BCUT2D eigenvalue weighted by Crippen LogP contribution is -2.33. The van der Waals surface area contributed by atoms with E-state index in [-0.39, 0.29) is 18.0 Å². The number of nitrogens with one attached hydrogen (secondary N) is 2. The van der Waals surface area contributed by atoms with Crippen LogP contribution in [0.5, 0.6) is 0 Å². The van der Waals surface area contributed by atoms with Gasteiger partial charge in [0, 0.05) is 47.3 Å². The fourth-order valence-corrected chi connectivity index (χ4v) is 6.15. The molecule has 40 heavy (non-hydrogen) atoms. The van der Waals surface area contributed by atoms with Crippen LogP contribution in [0, 0.1) is 13.8 Å². The monoisotopic (exact) mass is 545 g/mol. The fraction of sp³-hybridized carbons (Fsp3) is 0.182. The number of nitrogens with zero attached hydrogens (tertiary/aromatic N) is 3. The first-order valence-corrected chi connectivity index (χ1v) is 13.9. The van der Waals surface area contributed by atoms with Crippen LogP contribution >= 0.6 is 12.2 Å². The Morgan fingerprint density at radius 2 is 1.70 bits per heavy atom. The van der Waals surface area contributed by atoms with Crippen LogP contribution in [-0.2, 0) is 4.79 Å². The second-order valence-corrected chi connectivity index (χ2v) is 10.5.